The minimum absolute atomic E-state index is 0. The van der Waals surface area contributed by atoms with Gasteiger partial charge in [0.25, 0.3) is 5.91 Å². The Hall–Kier alpha value is -3.10. The maximum Gasteiger partial charge on any atom is 0.274 e. The summed E-state index contributed by atoms with van der Waals surface area (Å²) in [6.45, 7) is 0.471. The largest absolute Gasteiger partial charge is 0.304 e. The molecule has 1 aromatic carbocycles. The molecule has 0 spiro atoms. The molecule has 0 radical (unpaired) electrons. The number of halogens is 1. The summed E-state index contributed by atoms with van der Waals surface area (Å²) in [5, 5.41) is 8.66. The van der Waals surface area contributed by atoms with Crippen LogP contribution in [0.2, 0.25) is 0 Å². The number of rotatable bonds is 5. The minimum Gasteiger partial charge on any atom is -0.304 e. The van der Waals surface area contributed by atoms with E-state index < -0.39 is 5.91 Å². The highest BCUT2D eigenvalue weighted by molar-refractivity contribution is 5.93. The SMILES string of the molecule is Cl.O=C(NO)c1ccc(CN(c2cnccn2)c2cnccn2)cc1. The van der Waals surface area contributed by atoms with Gasteiger partial charge in [0.15, 0.2) is 11.6 Å². The lowest BCUT2D eigenvalue weighted by atomic mass is 10.1. The summed E-state index contributed by atoms with van der Waals surface area (Å²) in [7, 11) is 0. The average Bonchev–Trinajstić information content (AvgIpc) is 2.67. The van der Waals surface area contributed by atoms with Crippen LogP contribution in [-0.2, 0) is 6.54 Å². The maximum absolute atomic E-state index is 11.4. The van der Waals surface area contributed by atoms with Crippen molar-refractivity contribution in [2.24, 2.45) is 0 Å². The van der Waals surface area contributed by atoms with Crippen LogP contribution in [0, 0.1) is 0 Å². The van der Waals surface area contributed by atoms with E-state index in [0.717, 1.165) is 5.56 Å². The molecule has 0 aliphatic rings. The van der Waals surface area contributed by atoms with E-state index >= 15 is 0 Å². The van der Waals surface area contributed by atoms with Crippen molar-refractivity contribution in [2.45, 2.75) is 6.54 Å². The van der Waals surface area contributed by atoms with Gasteiger partial charge in [0, 0.05) is 30.4 Å². The smallest absolute Gasteiger partial charge is 0.274 e. The van der Waals surface area contributed by atoms with Gasteiger partial charge in [-0.25, -0.2) is 15.4 Å². The molecule has 2 aromatic heterocycles. The highest BCUT2D eigenvalue weighted by atomic mass is 35.5. The Balaban J connectivity index is 0.00000225. The van der Waals surface area contributed by atoms with Gasteiger partial charge in [-0.15, -0.1) is 12.4 Å². The molecule has 3 aromatic rings. The lowest BCUT2D eigenvalue weighted by molar-refractivity contribution is 0.0706. The first-order chi connectivity index (χ1) is 11.8. The predicted molar refractivity (Wildman–Crippen MR) is 92.8 cm³/mol. The molecule has 0 aliphatic carbocycles. The van der Waals surface area contributed by atoms with E-state index in [1.807, 2.05) is 4.90 Å². The van der Waals surface area contributed by atoms with Crippen LogP contribution in [0.15, 0.2) is 61.4 Å². The first-order valence-electron chi connectivity index (χ1n) is 7.11. The molecule has 0 fully saturated rings. The van der Waals surface area contributed by atoms with E-state index in [9.17, 15) is 4.79 Å². The van der Waals surface area contributed by atoms with Gasteiger partial charge >= 0.3 is 0 Å². The Morgan fingerprint density at radius 1 is 0.960 bits per heavy atom. The molecule has 2 N–H and O–H groups in total. The molecule has 0 unspecified atom stereocenters. The van der Waals surface area contributed by atoms with Crippen molar-refractivity contribution in [1.82, 2.24) is 25.4 Å². The third-order valence-electron chi connectivity index (χ3n) is 3.31. The molecule has 25 heavy (non-hydrogen) atoms. The van der Waals surface area contributed by atoms with Crippen molar-refractivity contribution in [1.29, 1.82) is 0 Å². The second-order valence-electron chi connectivity index (χ2n) is 4.85. The fourth-order valence-corrected chi connectivity index (χ4v) is 2.15. The Kier molecular flexibility index (Phi) is 6.33. The number of hydroxylamine groups is 1. The number of nitrogens with one attached hydrogen (secondary N) is 1. The number of anilines is 2. The number of benzene rings is 1. The summed E-state index contributed by atoms with van der Waals surface area (Å²) >= 11 is 0. The normalized spacial score (nSPS) is 9.80. The zero-order chi connectivity index (χ0) is 16.8. The van der Waals surface area contributed by atoms with Crippen molar-refractivity contribution < 1.29 is 10.0 Å². The fourth-order valence-electron chi connectivity index (χ4n) is 2.15. The standard InChI is InChI=1S/C16H14N6O2.ClH/c23-16(21-24)13-3-1-12(2-4-13)11-22(14-9-17-5-7-19-14)15-10-18-6-8-20-15;/h1-10,24H,11H2,(H,21,23);1H. The topological polar surface area (TPSA) is 104 Å². The summed E-state index contributed by atoms with van der Waals surface area (Å²) in [4.78, 5) is 30.0. The summed E-state index contributed by atoms with van der Waals surface area (Å²) < 4.78 is 0. The van der Waals surface area contributed by atoms with Gasteiger partial charge in [-0.05, 0) is 17.7 Å². The zero-order valence-corrected chi connectivity index (χ0v) is 13.8. The van der Waals surface area contributed by atoms with Crippen LogP contribution in [-0.4, -0.2) is 31.1 Å². The predicted octanol–water partition coefficient (Wildman–Crippen LogP) is 2.15. The fraction of sp³-hybridized carbons (Fsp3) is 0.0625. The van der Waals surface area contributed by atoms with E-state index in [-0.39, 0.29) is 12.4 Å². The quantitative estimate of drug-likeness (QED) is 0.532. The number of hydrogen-bond donors (Lipinski definition) is 2. The first kappa shape index (κ1) is 18.2. The van der Waals surface area contributed by atoms with E-state index in [4.69, 9.17) is 5.21 Å². The average molecular weight is 359 g/mol. The van der Waals surface area contributed by atoms with Gasteiger partial charge in [0.1, 0.15) is 0 Å². The molecule has 2 heterocycles. The van der Waals surface area contributed by atoms with E-state index in [1.165, 1.54) is 0 Å². The monoisotopic (exact) mass is 358 g/mol. The second kappa shape index (κ2) is 8.67. The zero-order valence-electron chi connectivity index (χ0n) is 13.0. The lowest BCUT2D eigenvalue weighted by Gasteiger charge is -2.22. The molecule has 9 heteroatoms. The van der Waals surface area contributed by atoms with Crippen molar-refractivity contribution in [3.63, 3.8) is 0 Å². The number of amides is 1. The highest BCUT2D eigenvalue weighted by Crippen LogP contribution is 2.22. The first-order valence-corrected chi connectivity index (χ1v) is 7.11. The molecular weight excluding hydrogens is 344 g/mol. The summed E-state index contributed by atoms with van der Waals surface area (Å²) in [5.41, 5.74) is 2.91. The summed E-state index contributed by atoms with van der Waals surface area (Å²) in [6.07, 6.45) is 9.69. The molecule has 0 atom stereocenters. The third-order valence-corrected chi connectivity index (χ3v) is 3.31. The molecule has 1 amide bonds. The Morgan fingerprint density at radius 2 is 1.52 bits per heavy atom. The summed E-state index contributed by atoms with van der Waals surface area (Å²) in [5.74, 6) is 0.714. The van der Waals surface area contributed by atoms with Crippen molar-refractivity contribution in [3.8, 4) is 0 Å². The molecule has 3 rings (SSSR count). The van der Waals surface area contributed by atoms with Crippen LogP contribution in [0.1, 0.15) is 15.9 Å². The van der Waals surface area contributed by atoms with Crippen LogP contribution >= 0.6 is 12.4 Å². The van der Waals surface area contributed by atoms with Gasteiger partial charge in [-0.2, -0.15) is 0 Å². The van der Waals surface area contributed by atoms with Gasteiger partial charge in [0.05, 0.1) is 18.9 Å². The second-order valence-corrected chi connectivity index (χ2v) is 4.85. The van der Waals surface area contributed by atoms with Crippen LogP contribution in [0.5, 0.6) is 0 Å². The molecule has 0 saturated heterocycles. The van der Waals surface area contributed by atoms with Gasteiger partial charge in [-0.1, -0.05) is 12.1 Å². The Labute approximate surface area is 150 Å². The third kappa shape index (κ3) is 4.46. The maximum atomic E-state index is 11.4. The van der Waals surface area contributed by atoms with Crippen LogP contribution in [0.4, 0.5) is 11.6 Å². The highest BCUT2D eigenvalue weighted by Gasteiger charge is 2.13. The van der Waals surface area contributed by atoms with Crippen molar-refractivity contribution in [2.75, 3.05) is 4.90 Å². The number of hydrogen-bond acceptors (Lipinski definition) is 7. The van der Waals surface area contributed by atoms with Gasteiger partial charge < -0.3 is 4.90 Å². The minimum atomic E-state index is -0.554. The molecule has 0 aliphatic heterocycles. The Bertz CT molecular complexity index is 762. The van der Waals surface area contributed by atoms with Crippen LogP contribution < -0.4 is 10.4 Å². The summed E-state index contributed by atoms with van der Waals surface area (Å²) in [6, 6.07) is 6.85. The van der Waals surface area contributed by atoms with Gasteiger partial charge in [-0.3, -0.25) is 20.0 Å². The molecule has 0 saturated carbocycles. The Morgan fingerprint density at radius 3 is 1.96 bits per heavy atom. The molecular formula is C16H15ClN6O2. The van der Waals surface area contributed by atoms with E-state index in [1.54, 1.807) is 66.9 Å². The lowest BCUT2D eigenvalue weighted by Crippen LogP contribution is -2.20. The van der Waals surface area contributed by atoms with Crippen molar-refractivity contribution >= 4 is 29.9 Å². The van der Waals surface area contributed by atoms with Crippen molar-refractivity contribution in [3.05, 3.63) is 72.6 Å². The number of carbonyl (C=O) groups is 1. The molecule has 8 nitrogen and oxygen atoms in total. The van der Waals surface area contributed by atoms with E-state index in [0.29, 0.717) is 23.7 Å². The molecule has 0 bridgehead atoms. The van der Waals surface area contributed by atoms with Gasteiger partial charge in [0.2, 0.25) is 0 Å². The number of carbonyl (C=O) groups excluding carboxylic acids is 1. The molecule has 128 valence electrons. The van der Waals surface area contributed by atoms with Crippen LogP contribution in [0.3, 0.4) is 0 Å². The van der Waals surface area contributed by atoms with E-state index in [2.05, 4.69) is 19.9 Å². The van der Waals surface area contributed by atoms with Crippen LogP contribution in [0.25, 0.3) is 0 Å². The number of aromatic nitrogens is 4. The number of nitrogens with zero attached hydrogens (tertiary/aromatic N) is 5.